The maximum atomic E-state index is 4.53. The first-order chi connectivity index (χ1) is 15.8. The summed E-state index contributed by atoms with van der Waals surface area (Å²) in [6, 6.07) is 10.2. The Morgan fingerprint density at radius 2 is 1.65 bits per heavy atom. The second-order valence-corrected chi connectivity index (χ2v) is 11.8. The summed E-state index contributed by atoms with van der Waals surface area (Å²) in [6.07, 6.45) is 2.60. The number of fused-ring (bicyclic) bond motifs is 1. The van der Waals surface area contributed by atoms with Crippen LogP contribution in [-0.2, 0) is 0 Å². The summed E-state index contributed by atoms with van der Waals surface area (Å²) in [5.74, 6) is 1.59. The van der Waals surface area contributed by atoms with Gasteiger partial charge in [-0.1, -0.05) is 51.2 Å². The van der Waals surface area contributed by atoms with Crippen molar-refractivity contribution in [3.63, 3.8) is 0 Å². The molecule has 0 aliphatic carbocycles. The minimum absolute atomic E-state index is 0.334. The van der Waals surface area contributed by atoms with Crippen molar-refractivity contribution in [1.82, 2.24) is 25.1 Å². The number of hydrogen-bond donors (Lipinski definition) is 1. The van der Waals surface area contributed by atoms with E-state index < -0.39 is 0 Å². The Balaban J connectivity index is 0.000000266. The quantitative estimate of drug-likeness (QED) is 0.390. The lowest BCUT2D eigenvalue weighted by molar-refractivity contribution is 0.138. The molecule has 1 fully saturated rings. The number of nitrogens with one attached hydrogen (secondary N) is 1. The molecule has 4 rings (SSSR count). The smallest absolute Gasteiger partial charge is 0.176 e. The fourth-order valence-electron chi connectivity index (χ4n) is 4.93. The highest BCUT2D eigenvalue weighted by Crippen LogP contribution is 2.32. The van der Waals surface area contributed by atoms with Gasteiger partial charge in [0.05, 0.1) is 5.69 Å². The summed E-state index contributed by atoms with van der Waals surface area (Å²) < 4.78 is 1.58. The molecule has 1 aliphatic heterocycles. The Bertz CT molecular complexity index is 1100. The molecular formula is C28H43N5S. The minimum atomic E-state index is 0.334. The van der Waals surface area contributed by atoms with Crippen LogP contribution in [0.2, 0.25) is 0 Å². The van der Waals surface area contributed by atoms with Gasteiger partial charge in [-0.15, -0.1) is 14.8 Å². The predicted octanol–water partition coefficient (Wildman–Crippen LogP) is 7.62. The van der Waals surface area contributed by atoms with Crippen LogP contribution < -0.4 is 5.32 Å². The molecule has 3 aromatic rings. The first kappa shape index (κ1) is 28.1. The van der Waals surface area contributed by atoms with E-state index in [0.717, 1.165) is 33.6 Å². The van der Waals surface area contributed by atoms with E-state index in [4.69, 9.17) is 0 Å². The lowest BCUT2D eigenvalue weighted by Gasteiger charge is -2.45. The number of aromatic nitrogens is 4. The van der Waals surface area contributed by atoms with E-state index in [1.54, 1.807) is 16.4 Å². The van der Waals surface area contributed by atoms with E-state index >= 15 is 0 Å². The summed E-state index contributed by atoms with van der Waals surface area (Å²) in [5, 5.41) is 12.5. The summed E-state index contributed by atoms with van der Waals surface area (Å²) >= 11 is 1.68. The molecule has 1 aliphatic rings. The molecule has 1 aromatic carbocycles. The number of allylic oxidation sites excluding steroid dienone is 1. The highest BCUT2D eigenvalue weighted by molar-refractivity contribution is 8.03. The van der Waals surface area contributed by atoms with E-state index in [0.29, 0.717) is 11.1 Å². The summed E-state index contributed by atoms with van der Waals surface area (Å²) in [6.45, 7) is 25.5. The minimum Gasteiger partial charge on any atom is -0.307 e. The van der Waals surface area contributed by atoms with Crippen LogP contribution in [0.5, 0.6) is 0 Å². The van der Waals surface area contributed by atoms with Crippen molar-refractivity contribution in [1.29, 1.82) is 0 Å². The van der Waals surface area contributed by atoms with Crippen LogP contribution in [0.15, 0.2) is 46.7 Å². The van der Waals surface area contributed by atoms with Gasteiger partial charge in [-0.05, 0) is 95.9 Å². The summed E-state index contributed by atoms with van der Waals surface area (Å²) in [4.78, 5) is 6.57. The monoisotopic (exact) mass is 481 g/mol. The van der Waals surface area contributed by atoms with Crippen LogP contribution in [0.4, 0.5) is 0 Å². The average Bonchev–Trinajstić information content (AvgIpc) is 3.07. The van der Waals surface area contributed by atoms with E-state index in [2.05, 4.69) is 86.8 Å². The van der Waals surface area contributed by atoms with Crippen LogP contribution in [0.25, 0.3) is 16.9 Å². The van der Waals surface area contributed by atoms with Crippen molar-refractivity contribution in [2.75, 3.05) is 0 Å². The summed E-state index contributed by atoms with van der Waals surface area (Å²) in [7, 11) is 0. The molecule has 0 amide bonds. The van der Waals surface area contributed by atoms with E-state index in [9.17, 15) is 0 Å². The van der Waals surface area contributed by atoms with Crippen molar-refractivity contribution >= 4 is 17.4 Å². The van der Waals surface area contributed by atoms with Crippen molar-refractivity contribution in [3.05, 3.63) is 53.2 Å². The number of benzene rings is 1. The van der Waals surface area contributed by atoms with Crippen molar-refractivity contribution in [2.45, 2.75) is 98.1 Å². The third-order valence-electron chi connectivity index (χ3n) is 5.48. The molecule has 6 heteroatoms. The number of rotatable bonds is 3. The molecule has 186 valence electrons. The average molecular weight is 482 g/mol. The normalized spacial score (nSPS) is 16.8. The van der Waals surface area contributed by atoms with Gasteiger partial charge in [0.1, 0.15) is 5.82 Å². The third kappa shape index (κ3) is 7.95. The highest BCUT2D eigenvalue weighted by atomic mass is 32.2. The van der Waals surface area contributed by atoms with Gasteiger partial charge in [0.15, 0.2) is 5.65 Å². The zero-order chi connectivity index (χ0) is 25.7. The fraction of sp³-hybridized carbons (Fsp3) is 0.536. The second-order valence-electron chi connectivity index (χ2n) is 10.4. The van der Waals surface area contributed by atoms with Crippen LogP contribution in [0, 0.1) is 19.8 Å². The lowest BCUT2D eigenvalue weighted by Crippen LogP contribution is -2.57. The van der Waals surface area contributed by atoms with Gasteiger partial charge in [-0.25, -0.2) is 4.98 Å². The van der Waals surface area contributed by atoms with Crippen LogP contribution >= 0.6 is 11.8 Å². The Labute approximate surface area is 210 Å². The molecule has 0 atom stereocenters. The molecule has 0 bridgehead atoms. The van der Waals surface area contributed by atoms with Crippen LogP contribution in [0.3, 0.4) is 0 Å². The van der Waals surface area contributed by atoms with Gasteiger partial charge in [-0.2, -0.15) is 0 Å². The molecule has 0 spiro atoms. The molecule has 0 saturated carbocycles. The van der Waals surface area contributed by atoms with Gasteiger partial charge in [0.25, 0.3) is 0 Å². The van der Waals surface area contributed by atoms with Gasteiger partial charge in [0, 0.05) is 21.5 Å². The van der Waals surface area contributed by atoms with Gasteiger partial charge in [-0.3, -0.25) is 0 Å². The van der Waals surface area contributed by atoms with Crippen LogP contribution in [0.1, 0.15) is 79.6 Å². The zero-order valence-corrected chi connectivity index (χ0v) is 23.6. The van der Waals surface area contributed by atoms with Gasteiger partial charge < -0.3 is 5.32 Å². The molecule has 5 nitrogen and oxygen atoms in total. The lowest BCUT2D eigenvalue weighted by atomic mass is 9.77. The Morgan fingerprint density at radius 1 is 1.03 bits per heavy atom. The second kappa shape index (κ2) is 11.5. The van der Waals surface area contributed by atoms with Crippen molar-refractivity contribution in [2.24, 2.45) is 5.92 Å². The Morgan fingerprint density at radius 3 is 2.21 bits per heavy atom. The van der Waals surface area contributed by atoms with Crippen molar-refractivity contribution < 1.29 is 0 Å². The maximum absolute atomic E-state index is 4.53. The maximum Gasteiger partial charge on any atom is 0.176 e. The van der Waals surface area contributed by atoms with E-state index in [1.807, 2.05) is 39.8 Å². The largest absolute Gasteiger partial charge is 0.307 e. The number of nitrogens with zero attached hydrogens (tertiary/aromatic N) is 4. The van der Waals surface area contributed by atoms with E-state index in [-0.39, 0.29) is 0 Å². The zero-order valence-electron chi connectivity index (χ0n) is 22.8. The first-order valence-electron chi connectivity index (χ1n) is 12.3. The Hall–Kier alpha value is -2.18. The Kier molecular flexibility index (Phi) is 9.49. The number of hydrogen-bond acceptors (Lipinski definition) is 5. The number of aryl methyl sites for hydroxylation is 2. The van der Waals surface area contributed by atoms with E-state index in [1.165, 1.54) is 23.3 Å². The molecule has 0 radical (unpaired) electrons. The third-order valence-corrected chi connectivity index (χ3v) is 6.48. The molecule has 1 saturated heterocycles. The first-order valence-corrected chi connectivity index (χ1v) is 13.1. The van der Waals surface area contributed by atoms with Crippen molar-refractivity contribution in [3.8, 4) is 11.3 Å². The number of piperidine rings is 1. The van der Waals surface area contributed by atoms with Gasteiger partial charge in [0.2, 0.25) is 0 Å². The standard InChI is InChI=1S/C16H16N4S.C10H21N.C2H6/c1-10(2)21-15-9-13(6-5-11(15)3)14-7-8-16-17-12(4)18-20(16)19-14;1-8-6-9(2,3)11-10(4,5)7-8;1-2/h5-9H,1H2,2-4H3;8,11H,6-7H2,1-5H3;1-2H3. The SMILES string of the molecule is C=C(C)Sc1cc(-c2ccc3nc(C)nn3n2)ccc1C.CC.CC1CC(C)(C)NC(C)(C)C1. The number of thioether (sulfide) groups is 1. The topological polar surface area (TPSA) is 55.1 Å². The fourth-order valence-corrected chi connectivity index (χ4v) is 5.72. The highest BCUT2D eigenvalue weighted by Gasteiger charge is 2.35. The molecule has 1 N–H and O–H groups in total. The molecular weight excluding hydrogens is 438 g/mol. The molecule has 34 heavy (non-hydrogen) atoms. The predicted molar refractivity (Wildman–Crippen MR) is 147 cm³/mol. The molecule has 2 aromatic heterocycles. The van der Waals surface area contributed by atoms with Crippen LogP contribution in [-0.4, -0.2) is 30.9 Å². The summed E-state index contributed by atoms with van der Waals surface area (Å²) in [5.41, 5.74) is 4.63. The molecule has 3 heterocycles. The van der Waals surface area contributed by atoms with Gasteiger partial charge >= 0.3 is 0 Å². The molecule has 0 unspecified atom stereocenters.